The van der Waals surface area contributed by atoms with Crippen LogP contribution in [0.5, 0.6) is 23.0 Å². The molecule has 7 nitrogen and oxygen atoms in total. The Kier molecular flexibility index (Phi) is 8.67. The molecule has 0 bridgehead atoms. The second kappa shape index (κ2) is 11.5. The number of hydrogen-bond donors (Lipinski definition) is 0. The van der Waals surface area contributed by atoms with Gasteiger partial charge in [0.2, 0.25) is 0 Å². The van der Waals surface area contributed by atoms with E-state index in [-0.39, 0.29) is 5.97 Å². The Morgan fingerprint density at radius 2 is 1.50 bits per heavy atom. The summed E-state index contributed by atoms with van der Waals surface area (Å²) in [4.78, 5) is 14.3. The molecule has 1 aliphatic rings. The van der Waals surface area contributed by atoms with E-state index in [1.807, 2.05) is 24.3 Å². The SMILES string of the molecule is COc1ccc(CCN(C)CCC2(OC(C)=O)CCc3c(OC)ccc(OC)c3C2)cc1OC. The molecule has 0 radical (unpaired) electrons. The number of hydrogen-bond acceptors (Lipinski definition) is 7. The molecule has 0 amide bonds. The third-order valence-electron chi connectivity index (χ3n) is 6.65. The average molecular weight is 472 g/mol. The highest BCUT2D eigenvalue weighted by molar-refractivity contribution is 5.67. The van der Waals surface area contributed by atoms with Crippen molar-refractivity contribution in [3.05, 3.63) is 47.0 Å². The van der Waals surface area contributed by atoms with E-state index in [0.29, 0.717) is 6.42 Å². The summed E-state index contributed by atoms with van der Waals surface area (Å²) in [6.45, 7) is 3.17. The van der Waals surface area contributed by atoms with Crippen LogP contribution in [0.1, 0.15) is 36.5 Å². The van der Waals surface area contributed by atoms with Crippen molar-refractivity contribution < 1.29 is 28.5 Å². The third-order valence-corrected chi connectivity index (χ3v) is 6.65. The van der Waals surface area contributed by atoms with Crippen molar-refractivity contribution >= 4 is 5.97 Å². The zero-order chi connectivity index (χ0) is 24.7. The number of carbonyl (C=O) groups excluding carboxylic acids is 1. The molecule has 34 heavy (non-hydrogen) atoms. The fourth-order valence-electron chi connectivity index (χ4n) is 4.78. The molecular formula is C27H37NO6. The van der Waals surface area contributed by atoms with Gasteiger partial charge >= 0.3 is 5.97 Å². The Balaban J connectivity index is 1.69. The minimum atomic E-state index is -0.559. The van der Waals surface area contributed by atoms with Crippen molar-refractivity contribution in [1.82, 2.24) is 4.90 Å². The minimum Gasteiger partial charge on any atom is -0.496 e. The number of ether oxygens (including phenoxy) is 5. The molecule has 0 N–H and O–H groups in total. The first-order chi connectivity index (χ1) is 16.3. The smallest absolute Gasteiger partial charge is 0.303 e. The molecule has 1 atom stereocenters. The molecule has 0 heterocycles. The molecule has 2 aromatic rings. The number of carbonyl (C=O) groups is 1. The lowest BCUT2D eigenvalue weighted by Crippen LogP contribution is -2.43. The van der Waals surface area contributed by atoms with E-state index in [9.17, 15) is 4.79 Å². The van der Waals surface area contributed by atoms with Gasteiger partial charge in [0.1, 0.15) is 17.1 Å². The largest absolute Gasteiger partial charge is 0.496 e. The first-order valence-corrected chi connectivity index (χ1v) is 11.7. The molecule has 0 fully saturated rings. The molecule has 1 unspecified atom stereocenters. The highest BCUT2D eigenvalue weighted by atomic mass is 16.6. The first kappa shape index (κ1) is 25.7. The van der Waals surface area contributed by atoms with Crippen LogP contribution in [-0.2, 0) is 28.8 Å². The summed E-state index contributed by atoms with van der Waals surface area (Å²) < 4.78 is 27.9. The van der Waals surface area contributed by atoms with E-state index in [2.05, 4.69) is 18.0 Å². The number of fused-ring (bicyclic) bond motifs is 1. The van der Waals surface area contributed by atoms with Crippen LogP contribution in [-0.4, -0.2) is 65.0 Å². The van der Waals surface area contributed by atoms with E-state index in [1.54, 1.807) is 28.4 Å². The molecule has 2 aromatic carbocycles. The summed E-state index contributed by atoms with van der Waals surface area (Å²) in [5.74, 6) is 2.89. The Labute approximate surface area is 202 Å². The number of likely N-dealkylation sites (N-methyl/N-ethyl adjacent to an activating group) is 1. The minimum absolute atomic E-state index is 0.252. The number of nitrogens with zero attached hydrogens (tertiary/aromatic N) is 1. The number of esters is 1. The van der Waals surface area contributed by atoms with Crippen LogP contribution in [0.3, 0.4) is 0 Å². The monoisotopic (exact) mass is 471 g/mol. The van der Waals surface area contributed by atoms with Gasteiger partial charge in [0.05, 0.1) is 28.4 Å². The molecule has 3 rings (SSSR count). The normalized spacial score (nSPS) is 17.1. The van der Waals surface area contributed by atoms with Crippen LogP contribution in [0.25, 0.3) is 0 Å². The van der Waals surface area contributed by atoms with Crippen molar-refractivity contribution in [3.8, 4) is 23.0 Å². The standard InChI is InChI=1S/C27H37NO6/c1-19(29)34-27(13-11-21-22(18-27)24(31-4)10-9-23(21)30-3)14-16-28(2)15-12-20-7-8-25(32-5)26(17-20)33-6/h7-10,17H,11-16,18H2,1-6H3. The fourth-order valence-corrected chi connectivity index (χ4v) is 4.78. The van der Waals surface area contributed by atoms with Crippen molar-refractivity contribution in [2.24, 2.45) is 0 Å². The molecule has 0 spiro atoms. The topological polar surface area (TPSA) is 66.5 Å². The first-order valence-electron chi connectivity index (χ1n) is 11.7. The average Bonchev–Trinajstić information content (AvgIpc) is 2.84. The Hall–Kier alpha value is -2.93. The van der Waals surface area contributed by atoms with Gasteiger partial charge in [0.25, 0.3) is 0 Å². The summed E-state index contributed by atoms with van der Waals surface area (Å²) in [7, 11) is 8.74. The van der Waals surface area contributed by atoms with E-state index in [0.717, 1.165) is 72.9 Å². The fraction of sp³-hybridized carbons (Fsp3) is 0.519. The summed E-state index contributed by atoms with van der Waals surface area (Å²) in [6, 6.07) is 9.89. The molecule has 7 heteroatoms. The summed E-state index contributed by atoms with van der Waals surface area (Å²) >= 11 is 0. The Morgan fingerprint density at radius 3 is 2.12 bits per heavy atom. The maximum Gasteiger partial charge on any atom is 0.303 e. The van der Waals surface area contributed by atoms with Crippen LogP contribution in [0.15, 0.2) is 30.3 Å². The predicted octanol–water partition coefficient (Wildman–Crippen LogP) is 4.08. The van der Waals surface area contributed by atoms with Crippen LogP contribution in [0.4, 0.5) is 0 Å². The number of methoxy groups -OCH3 is 4. The van der Waals surface area contributed by atoms with Gasteiger partial charge in [-0.1, -0.05) is 6.07 Å². The zero-order valence-electron chi connectivity index (χ0n) is 21.2. The van der Waals surface area contributed by atoms with E-state index in [1.165, 1.54) is 12.5 Å². The second-order valence-electron chi connectivity index (χ2n) is 8.87. The van der Waals surface area contributed by atoms with Gasteiger partial charge in [-0.3, -0.25) is 4.79 Å². The van der Waals surface area contributed by atoms with E-state index in [4.69, 9.17) is 23.7 Å². The van der Waals surface area contributed by atoms with Crippen molar-refractivity contribution in [2.45, 2.75) is 44.6 Å². The molecule has 0 saturated carbocycles. The van der Waals surface area contributed by atoms with Crippen molar-refractivity contribution in [3.63, 3.8) is 0 Å². The quantitative estimate of drug-likeness (QED) is 0.458. The van der Waals surface area contributed by atoms with Crippen LogP contribution >= 0.6 is 0 Å². The summed E-state index contributed by atoms with van der Waals surface area (Å²) in [5, 5.41) is 0. The molecule has 0 aromatic heterocycles. The molecule has 0 saturated heterocycles. The van der Waals surface area contributed by atoms with Gasteiger partial charge in [-0.25, -0.2) is 0 Å². The van der Waals surface area contributed by atoms with Gasteiger partial charge in [-0.15, -0.1) is 0 Å². The zero-order valence-corrected chi connectivity index (χ0v) is 21.2. The molecule has 1 aliphatic carbocycles. The second-order valence-corrected chi connectivity index (χ2v) is 8.87. The van der Waals surface area contributed by atoms with Gasteiger partial charge < -0.3 is 28.6 Å². The van der Waals surface area contributed by atoms with E-state index < -0.39 is 5.60 Å². The molecule has 0 aliphatic heterocycles. The lowest BCUT2D eigenvalue weighted by molar-refractivity contribution is -0.159. The Bertz CT molecular complexity index is 991. The number of benzene rings is 2. The van der Waals surface area contributed by atoms with Gasteiger partial charge in [0.15, 0.2) is 11.5 Å². The van der Waals surface area contributed by atoms with Gasteiger partial charge in [-0.2, -0.15) is 0 Å². The van der Waals surface area contributed by atoms with Gasteiger partial charge in [-0.05, 0) is 56.1 Å². The lowest BCUT2D eigenvalue weighted by Gasteiger charge is -2.39. The molecule has 186 valence electrons. The van der Waals surface area contributed by atoms with Crippen molar-refractivity contribution in [1.29, 1.82) is 0 Å². The highest BCUT2D eigenvalue weighted by Gasteiger charge is 2.39. The lowest BCUT2D eigenvalue weighted by atomic mass is 9.77. The van der Waals surface area contributed by atoms with Crippen LogP contribution < -0.4 is 18.9 Å². The third kappa shape index (κ3) is 5.95. The highest BCUT2D eigenvalue weighted by Crippen LogP contribution is 2.42. The Morgan fingerprint density at radius 1 is 0.882 bits per heavy atom. The predicted molar refractivity (Wildman–Crippen MR) is 131 cm³/mol. The maximum atomic E-state index is 12.1. The van der Waals surface area contributed by atoms with Crippen LogP contribution in [0, 0.1) is 0 Å². The summed E-state index contributed by atoms with van der Waals surface area (Å²) in [6.07, 6.45) is 3.77. The van der Waals surface area contributed by atoms with Crippen molar-refractivity contribution in [2.75, 3.05) is 48.6 Å². The number of rotatable bonds is 11. The summed E-state index contributed by atoms with van der Waals surface area (Å²) in [5.41, 5.74) is 2.84. The molecular weight excluding hydrogens is 434 g/mol. The van der Waals surface area contributed by atoms with Crippen LogP contribution in [0.2, 0.25) is 0 Å². The van der Waals surface area contributed by atoms with Gasteiger partial charge in [0, 0.05) is 44.0 Å². The van der Waals surface area contributed by atoms with E-state index >= 15 is 0 Å². The maximum absolute atomic E-state index is 12.1.